The van der Waals surface area contributed by atoms with Crippen molar-refractivity contribution in [3.8, 4) is 0 Å². The standard InChI is InChI=1S/C22H48N3O7P/c1-24-22(26)32-21(20-31-33(27,28)30-18-16-25(2,3)4)19-29-17-14-12-10-8-6-5-7-9-11-13-15-23/h21H,5-20,23H2,1-4H3,(H-,24,26,27,28)/p+1. The lowest BCUT2D eigenvalue weighted by Crippen LogP contribution is -2.37. The zero-order valence-corrected chi connectivity index (χ0v) is 22.2. The molecule has 1 amide bonds. The molecule has 0 aromatic carbocycles. The molecule has 10 nitrogen and oxygen atoms in total. The quantitative estimate of drug-likeness (QED) is 0.118. The van der Waals surface area contributed by atoms with Crippen LogP contribution in [0.4, 0.5) is 4.79 Å². The van der Waals surface area contributed by atoms with Crippen LogP contribution < -0.4 is 11.1 Å². The molecule has 0 heterocycles. The number of nitrogens with one attached hydrogen (secondary N) is 1. The van der Waals surface area contributed by atoms with Crippen LogP contribution in [-0.2, 0) is 23.1 Å². The van der Waals surface area contributed by atoms with Crippen LogP contribution in [-0.4, -0.2) is 89.3 Å². The zero-order valence-electron chi connectivity index (χ0n) is 21.3. The van der Waals surface area contributed by atoms with Gasteiger partial charge in [-0.1, -0.05) is 51.4 Å². The second-order valence-corrected chi connectivity index (χ2v) is 10.7. The molecule has 0 aromatic heterocycles. The van der Waals surface area contributed by atoms with Crippen LogP contribution in [0.1, 0.15) is 64.2 Å². The largest absolute Gasteiger partial charge is 0.472 e. The van der Waals surface area contributed by atoms with E-state index in [0.29, 0.717) is 17.6 Å². The van der Waals surface area contributed by atoms with Gasteiger partial charge < -0.3 is 29.9 Å². The van der Waals surface area contributed by atoms with Crippen molar-refractivity contribution in [2.45, 2.75) is 70.3 Å². The Hall–Kier alpha value is -0.740. The maximum absolute atomic E-state index is 12.1. The van der Waals surface area contributed by atoms with Gasteiger partial charge in [0.1, 0.15) is 13.2 Å². The monoisotopic (exact) mass is 498 g/mol. The third-order valence-electron chi connectivity index (χ3n) is 4.96. The summed E-state index contributed by atoms with van der Waals surface area (Å²) in [6.45, 7) is 1.73. The summed E-state index contributed by atoms with van der Waals surface area (Å²) >= 11 is 0. The summed E-state index contributed by atoms with van der Waals surface area (Å²) in [4.78, 5) is 21.4. The Bertz CT molecular complexity index is 533. The number of nitrogens with two attached hydrogens (primary N) is 1. The molecule has 0 fully saturated rings. The number of alkyl carbamates (subject to hydrolysis) is 1. The van der Waals surface area contributed by atoms with Crippen molar-refractivity contribution < 1.29 is 37.3 Å². The Morgan fingerprint density at radius 1 is 0.909 bits per heavy atom. The molecule has 0 radical (unpaired) electrons. The first-order valence-corrected chi connectivity index (χ1v) is 13.7. The first-order valence-electron chi connectivity index (χ1n) is 12.2. The first kappa shape index (κ1) is 32.3. The van der Waals surface area contributed by atoms with E-state index in [0.717, 1.165) is 25.8 Å². The number of quaternary nitrogens is 1. The van der Waals surface area contributed by atoms with Crippen LogP contribution in [0.2, 0.25) is 0 Å². The minimum Gasteiger partial charge on any atom is -0.441 e. The smallest absolute Gasteiger partial charge is 0.441 e. The summed E-state index contributed by atoms with van der Waals surface area (Å²) in [7, 11) is 3.04. The van der Waals surface area contributed by atoms with Gasteiger partial charge in [0, 0.05) is 13.7 Å². The Morgan fingerprint density at radius 2 is 1.45 bits per heavy atom. The van der Waals surface area contributed by atoms with E-state index in [1.54, 1.807) is 0 Å². The Balaban J connectivity index is 4.00. The van der Waals surface area contributed by atoms with Crippen LogP contribution in [0.15, 0.2) is 0 Å². The summed E-state index contributed by atoms with van der Waals surface area (Å²) in [6.07, 6.45) is 10.4. The number of unbranched alkanes of at least 4 members (excludes halogenated alkanes) is 9. The van der Waals surface area contributed by atoms with Crippen molar-refractivity contribution in [1.29, 1.82) is 0 Å². The van der Waals surface area contributed by atoms with Gasteiger partial charge in [-0.05, 0) is 19.4 Å². The van der Waals surface area contributed by atoms with Crippen LogP contribution in [0.25, 0.3) is 0 Å². The highest BCUT2D eigenvalue weighted by molar-refractivity contribution is 7.47. The van der Waals surface area contributed by atoms with Crippen molar-refractivity contribution in [3.05, 3.63) is 0 Å². The van der Waals surface area contributed by atoms with Gasteiger partial charge >= 0.3 is 13.9 Å². The molecule has 33 heavy (non-hydrogen) atoms. The topological polar surface area (TPSA) is 129 Å². The average Bonchev–Trinajstić information content (AvgIpc) is 2.73. The number of carbonyl (C=O) groups is 1. The van der Waals surface area contributed by atoms with Crippen molar-refractivity contribution in [2.75, 3.05) is 67.7 Å². The number of hydrogen-bond donors (Lipinski definition) is 3. The summed E-state index contributed by atoms with van der Waals surface area (Å²) in [5.41, 5.74) is 5.49. The number of hydrogen-bond acceptors (Lipinski definition) is 7. The molecule has 11 heteroatoms. The minimum absolute atomic E-state index is 0.0725. The van der Waals surface area contributed by atoms with E-state index in [1.807, 2.05) is 21.1 Å². The van der Waals surface area contributed by atoms with Gasteiger partial charge in [-0.3, -0.25) is 9.05 Å². The van der Waals surface area contributed by atoms with Crippen molar-refractivity contribution >= 4 is 13.9 Å². The maximum atomic E-state index is 12.1. The SMILES string of the molecule is CNC(=O)OC(COCCCCCCCCCCCCN)COP(=O)(O)OCC[N+](C)(C)C. The number of phosphoric ester groups is 1. The van der Waals surface area contributed by atoms with Gasteiger partial charge in [0.15, 0.2) is 6.10 Å². The third-order valence-corrected chi connectivity index (χ3v) is 5.95. The molecule has 4 N–H and O–H groups in total. The Morgan fingerprint density at radius 3 is 1.97 bits per heavy atom. The second-order valence-electron chi connectivity index (χ2n) is 9.29. The lowest BCUT2D eigenvalue weighted by atomic mass is 10.1. The molecule has 0 aliphatic carbocycles. The van der Waals surface area contributed by atoms with E-state index >= 15 is 0 Å². The number of phosphoric acid groups is 1. The molecule has 2 atom stereocenters. The van der Waals surface area contributed by atoms with Crippen LogP contribution >= 0.6 is 7.82 Å². The maximum Gasteiger partial charge on any atom is 0.472 e. The number of rotatable bonds is 22. The lowest BCUT2D eigenvalue weighted by molar-refractivity contribution is -0.870. The first-order chi connectivity index (χ1) is 15.6. The molecule has 0 aliphatic heterocycles. The fourth-order valence-corrected chi connectivity index (χ4v) is 3.69. The summed E-state index contributed by atoms with van der Waals surface area (Å²) in [5, 5.41) is 2.35. The van der Waals surface area contributed by atoms with Gasteiger partial charge in [-0.15, -0.1) is 0 Å². The fraction of sp³-hybridized carbons (Fsp3) is 0.955. The predicted octanol–water partition coefficient (Wildman–Crippen LogP) is 3.43. The molecule has 0 aliphatic rings. The van der Waals surface area contributed by atoms with Gasteiger partial charge in [0.2, 0.25) is 0 Å². The van der Waals surface area contributed by atoms with Crippen LogP contribution in [0, 0.1) is 0 Å². The minimum atomic E-state index is -4.24. The summed E-state index contributed by atoms with van der Waals surface area (Å²) < 4.78 is 33.4. The van der Waals surface area contributed by atoms with Gasteiger partial charge in [0.25, 0.3) is 0 Å². The highest BCUT2D eigenvalue weighted by atomic mass is 31.2. The zero-order chi connectivity index (χ0) is 25.0. The van der Waals surface area contributed by atoms with E-state index in [1.165, 1.54) is 52.0 Å². The fourth-order valence-electron chi connectivity index (χ4n) is 2.95. The molecule has 2 unspecified atom stereocenters. The number of carbonyl (C=O) groups excluding carboxylic acids is 1. The molecule has 0 bridgehead atoms. The molecule has 198 valence electrons. The Kier molecular flexibility index (Phi) is 19.1. The van der Waals surface area contributed by atoms with E-state index < -0.39 is 20.0 Å². The highest BCUT2D eigenvalue weighted by Crippen LogP contribution is 2.43. The molecule has 0 saturated heterocycles. The molecule has 0 spiro atoms. The summed E-state index contributed by atoms with van der Waals surface area (Å²) in [6, 6.07) is 0. The molecule has 0 saturated carbocycles. The average molecular weight is 499 g/mol. The molecule has 0 rings (SSSR count). The summed E-state index contributed by atoms with van der Waals surface area (Å²) in [5.74, 6) is 0. The number of amides is 1. The number of likely N-dealkylation sites (N-methyl/N-ethyl adjacent to an activating group) is 1. The van der Waals surface area contributed by atoms with Crippen molar-refractivity contribution in [2.24, 2.45) is 5.73 Å². The third kappa shape index (κ3) is 22.8. The second kappa shape index (κ2) is 19.6. The molecular weight excluding hydrogens is 449 g/mol. The van der Waals surface area contributed by atoms with Gasteiger partial charge in [-0.25, -0.2) is 9.36 Å². The number of ether oxygens (including phenoxy) is 2. The van der Waals surface area contributed by atoms with Crippen LogP contribution in [0.3, 0.4) is 0 Å². The normalized spacial score (nSPS) is 14.6. The predicted molar refractivity (Wildman–Crippen MR) is 130 cm³/mol. The highest BCUT2D eigenvalue weighted by Gasteiger charge is 2.26. The van der Waals surface area contributed by atoms with E-state index in [2.05, 4.69) is 5.32 Å². The Labute approximate surface area is 200 Å². The van der Waals surface area contributed by atoms with Gasteiger partial charge in [0.05, 0.1) is 34.4 Å². The number of nitrogens with zero attached hydrogens (tertiary/aromatic N) is 1. The lowest BCUT2D eigenvalue weighted by Gasteiger charge is -2.24. The van der Waals surface area contributed by atoms with E-state index in [-0.39, 0.29) is 19.8 Å². The molecule has 0 aromatic rings. The van der Waals surface area contributed by atoms with Crippen LogP contribution in [0.5, 0.6) is 0 Å². The van der Waals surface area contributed by atoms with Crippen molar-refractivity contribution in [1.82, 2.24) is 5.32 Å². The van der Waals surface area contributed by atoms with E-state index in [4.69, 9.17) is 24.3 Å². The van der Waals surface area contributed by atoms with E-state index in [9.17, 15) is 14.3 Å². The van der Waals surface area contributed by atoms with Gasteiger partial charge in [-0.2, -0.15) is 0 Å². The van der Waals surface area contributed by atoms with Crippen molar-refractivity contribution in [3.63, 3.8) is 0 Å². The molecular formula is C22H49N3O7P+.